The van der Waals surface area contributed by atoms with Crippen LogP contribution < -0.4 is 0 Å². The Labute approximate surface area is 105 Å². The van der Waals surface area contributed by atoms with Gasteiger partial charge in [-0.3, -0.25) is 0 Å². The third kappa shape index (κ3) is 4.23. The maximum absolute atomic E-state index is 12.2. The summed E-state index contributed by atoms with van der Waals surface area (Å²) in [5.41, 5.74) is 0. The summed E-state index contributed by atoms with van der Waals surface area (Å²) in [6.45, 7) is 5.49. The lowest BCUT2D eigenvalue weighted by molar-refractivity contribution is 0.192. The van der Waals surface area contributed by atoms with Crippen LogP contribution in [0.2, 0.25) is 0 Å². The zero-order valence-corrected chi connectivity index (χ0v) is 12.0. The lowest BCUT2D eigenvalue weighted by atomic mass is 9.94. The predicted molar refractivity (Wildman–Crippen MR) is 69.5 cm³/mol. The van der Waals surface area contributed by atoms with Gasteiger partial charge in [-0.25, -0.2) is 8.42 Å². The van der Waals surface area contributed by atoms with Crippen LogP contribution in [0.25, 0.3) is 0 Å². The minimum absolute atomic E-state index is 0.149. The Kier molecular flexibility index (Phi) is 5.89. The highest BCUT2D eigenvalue weighted by Crippen LogP contribution is 2.25. The number of methoxy groups -OCH3 is 1. The van der Waals surface area contributed by atoms with Crippen molar-refractivity contribution in [3.63, 3.8) is 0 Å². The Morgan fingerprint density at radius 2 is 2.00 bits per heavy atom. The smallest absolute Gasteiger partial charge is 0.214 e. The van der Waals surface area contributed by atoms with Crippen LogP contribution in [-0.4, -0.2) is 44.8 Å². The summed E-state index contributed by atoms with van der Waals surface area (Å²) in [6, 6.07) is 0.149. The zero-order chi connectivity index (χ0) is 12.9. The SMILES string of the molecule is COCCCCS(=O)(=O)N1CCC[C@@H](C)[C@@H]1C. The standard InChI is InChI=1S/C12H25NO3S/c1-11-7-6-8-13(12(11)2)17(14,15)10-5-4-9-16-3/h11-12H,4-10H2,1-3H3/t11-,12+/m1/s1. The molecule has 1 fully saturated rings. The fourth-order valence-corrected chi connectivity index (χ4v) is 4.26. The molecule has 5 heteroatoms. The topological polar surface area (TPSA) is 46.6 Å². The van der Waals surface area contributed by atoms with Gasteiger partial charge in [0.1, 0.15) is 0 Å². The Morgan fingerprint density at radius 3 is 2.65 bits per heavy atom. The van der Waals surface area contributed by atoms with Crippen LogP contribution in [0, 0.1) is 5.92 Å². The van der Waals surface area contributed by atoms with Crippen LogP contribution in [0.4, 0.5) is 0 Å². The lowest BCUT2D eigenvalue weighted by Gasteiger charge is -2.36. The van der Waals surface area contributed by atoms with Crippen molar-refractivity contribution in [2.75, 3.05) is 26.0 Å². The Balaban J connectivity index is 2.51. The second-order valence-corrected chi connectivity index (χ2v) is 7.03. The third-order valence-electron chi connectivity index (χ3n) is 3.67. The number of rotatable bonds is 6. The summed E-state index contributed by atoms with van der Waals surface area (Å²) in [4.78, 5) is 0. The van der Waals surface area contributed by atoms with Gasteiger partial charge in [0.2, 0.25) is 10.0 Å². The number of piperidine rings is 1. The van der Waals surface area contributed by atoms with Crippen molar-refractivity contribution >= 4 is 10.0 Å². The number of hydrogen-bond donors (Lipinski definition) is 0. The number of nitrogens with zero attached hydrogens (tertiary/aromatic N) is 1. The quantitative estimate of drug-likeness (QED) is 0.687. The van der Waals surface area contributed by atoms with E-state index in [1.807, 2.05) is 6.92 Å². The van der Waals surface area contributed by atoms with Gasteiger partial charge >= 0.3 is 0 Å². The second kappa shape index (κ2) is 6.71. The molecule has 0 amide bonds. The lowest BCUT2D eigenvalue weighted by Crippen LogP contribution is -2.46. The van der Waals surface area contributed by atoms with E-state index in [2.05, 4.69) is 6.92 Å². The molecular weight excluding hydrogens is 238 g/mol. The van der Waals surface area contributed by atoms with E-state index in [0.717, 1.165) is 19.3 Å². The van der Waals surface area contributed by atoms with E-state index in [9.17, 15) is 8.42 Å². The monoisotopic (exact) mass is 263 g/mol. The van der Waals surface area contributed by atoms with E-state index in [1.54, 1.807) is 11.4 Å². The van der Waals surface area contributed by atoms with Gasteiger partial charge in [-0.15, -0.1) is 0 Å². The summed E-state index contributed by atoms with van der Waals surface area (Å²) < 4.78 is 31.0. The average Bonchev–Trinajstić information content (AvgIpc) is 2.28. The fraction of sp³-hybridized carbons (Fsp3) is 1.00. The molecule has 0 unspecified atom stereocenters. The van der Waals surface area contributed by atoms with Crippen molar-refractivity contribution in [3.8, 4) is 0 Å². The van der Waals surface area contributed by atoms with Gasteiger partial charge in [-0.2, -0.15) is 4.31 Å². The normalized spacial score (nSPS) is 27.2. The molecule has 0 aromatic heterocycles. The third-order valence-corrected chi connectivity index (χ3v) is 5.71. The van der Waals surface area contributed by atoms with Gasteiger partial charge < -0.3 is 4.74 Å². The first-order valence-corrected chi connectivity index (χ1v) is 8.08. The molecule has 0 aromatic rings. The van der Waals surface area contributed by atoms with Gasteiger partial charge in [0, 0.05) is 26.3 Å². The summed E-state index contributed by atoms with van der Waals surface area (Å²) in [5, 5.41) is 0. The number of unbranched alkanes of at least 4 members (excludes halogenated alkanes) is 1. The van der Waals surface area contributed by atoms with E-state index >= 15 is 0 Å². The molecule has 0 aliphatic carbocycles. The van der Waals surface area contributed by atoms with E-state index in [1.165, 1.54) is 0 Å². The molecule has 1 aliphatic rings. The van der Waals surface area contributed by atoms with Gasteiger partial charge in [0.05, 0.1) is 5.75 Å². The molecule has 17 heavy (non-hydrogen) atoms. The number of sulfonamides is 1. The summed E-state index contributed by atoms with van der Waals surface area (Å²) in [5.74, 6) is 0.727. The molecule has 102 valence electrons. The maximum atomic E-state index is 12.2. The Morgan fingerprint density at radius 1 is 1.29 bits per heavy atom. The van der Waals surface area contributed by atoms with E-state index < -0.39 is 10.0 Å². The highest BCUT2D eigenvalue weighted by Gasteiger charge is 2.32. The minimum Gasteiger partial charge on any atom is -0.385 e. The minimum atomic E-state index is -3.07. The largest absolute Gasteiger partial charge is 0.385 e. The molecule has 0 radical (unpaired) electrons. The van der Waals surface area contributed by atoms with E-state index in [0.29, 0.717) is 25.5 Å². The predicted octanol–water partition coefficient (Wildman–Crippen LogP) is 1.86. The van der Waals surface area contributed by atoms with Crippen molar-refractivity contribution < 1.29 is 13.2 Å². The molecule has 0 saturated carbocycles. The van der Waals surface area contributed by atoms with Gasteiger partial charge in [-0.05, 0) is 38.5 Å². The Bertz CT molecular complexity index is 316. The molecule has 2 atom stereocenters. The first-order valence-electron chi connectivity index (χ1n) is 6.47. The van der Waals surface area contributed by atoms with Crippen LogP contribution in [0.15, 0.2) is 0 Å². The van der Waals surface area contributed by atoms with E-state index in [4.69, 9.17) is 4.74 Å². The van der Waals surface area contributed by atoms with Crippen LogP contribution in [0.3, 0.4) is 0 Å². The molecule has 1 heterocycles. The summed E-state index contributed by atoms with van der Waals surface area (Å²) in [7, 11) is -1.43. The molecule has 1 saturated heterocycles. The molecule has 0 aromatic carbocycles. The average molecular weight is 263 g/mol. The molecular formula is C12H25NO3S. The molecule has 0 spiro atoms. The van der Waals surface area contributed by atoms with Gasteiger partial charge in [-0.1, -0.05) is 6.92 Å². The first kappa shape index (κ1) is 14.9. The van der Waals surface area contributed by atoms with Gasteiger partial charge in [0.25, 0.3) is 0 Å². The highest BCUT2D eigenvalue weighted by atomic mass is 32.2. The van der Waals surface area contributed by atoms with Crippen LogP contribution >= 0.6 is 0 Å². The van der Waals surface area contributed by atoms with Crippen molar-refractivity contribution in [1.82, 2.24) is 4.31 Å². The molecule has 0 bridgehead atoms. The van der Waals surface area contributed by atoms with Crippen molar-refractivity contribution in [2.45, 2.75) is 45.6 Å². The summed E-state index contributed by atoms with van der Waals surface area (Å²) in [6.07, 6.45) is 3.63. The zero-order valence-electron chi connectivity index (χ0n) is 11.2. The molecule has 1 rings (SSSR count). The van der Waals surface area contributed by atoms with Crippen molar-refractivity contribution in [1.29, 1.82) is 0 Å². The first-order chi connectivity index (χ1) is 7.99. The fourth-order valence-electron chi connectivity index (χ4n) is 2.34. The van der Waals surface area contributed by atoms with Crippen LogP contribution in [0.1, 0.15) is 39.5 Å². The summed E-state index contributed by atoms with van der Waals surface area (Å²) >= 11 is 0. The van der Waals surface area contributed by atoms with Crippen molar-refractivity contribution in [2.24, 2.45) is 5.92 Å². The molecule has 4 nitrogen and oxygen atoms in total. The number of ether oxygens (including phenoxy) is 1. The molecule has 0 N–H and O–H groups in total. The number of hydrogen-bond acceptors (Lipinski definition) is 3. The second-order valence-electron chi connectivity index (χ2n) is 4.99. The van der Waals surface area contributed by atoms with Gasteiger partial charge in [0.15, 0.2) is 0 Å². The van der Waals surface area contributed by atoms with Crippen LogP contribution in [0.5, 0.6) is 0 Å². The van der Waals surface area contributed by atoms with Crippen LogP contribution in [-0.2, 0) is 14.8 Å². The van der Waals surface area contributed by atoms with E-state index in [-0.39, 0.29) is 11.8 Å². The van der Waals surface area contributed by atoms with Crippen molar-refractivity contribution in [3.05, 3.63) is 0 Å². The maximum Gasteiger partial charge on any atom is 0.214 e. The highest BCUT2D eigenvalue weighted by molar-refractivity contribution is 7.89. The Hall–Kier alpha value is -0.130. The molecule has 1 aliphatic heterocycles.